The number of rotatable bonds is 15. The number of hydrogen-bond donors (Lipinski definition) is 1. The first-order valence-corrected chi connectivity index (χ1v) is 15.9. The van der Waals surface area contributed by atoms with Crippen molar-refractivity contribution in [2.75, 3.05) is 23.7 Å². The van der Waals surface area contributed by atoms with Gasteiger partial charge in [0.15, 0.2) is 0 Å². The summed E-state index contributed by atoms with van der Waals surface area (Å²) in [5, 5.41) is 3.45. The van der Waals surface area contributed by atoms with Crippen molar-refractivity contribution >= 4 is 39.1 Å². The molecule has 0 heterocycles. The fourth-order valence-electron chi connectivity index (χ4n) is 4.46. The van der Waals surface area contributed by atoms with E-state index in [1.54, 1.807) is 36.4 Å². The molecule has 1 N–H and O–H groups in total. The minimum Gasteiger partial charge on any atom is -0.354 e. The lowest BCUT2D eigenvalue weighted by Gasteiger charge is -2.32. The predicted molar refractivity (Wildman–Crippen MR) is 162 cm³/mol. The van der Waals surface area contributed by atoms with Gasteiger partial charge in [0.05, 0.1) is 11.9 Å². The molecule has 0 aliphatic rings. The van der Waals surface area contributed by atoms with Crippen LogP contribution in [0, 0.1) is 5.82 Å². The Balaban J connectivity index is 1.86. The van der Waals surface area contributed by atoms with Gasteiger partial charge in [-0.05, 0) is 60.4 Å². The summed E-state index contributed by atoms with van der Waals surface area (Å²) in [4.78, 5) is 28.8. The van der Waals surface area contributed by atoms with Crippen molar-refractivity contribution in [1.29, 1.82) is 0 Å². The van der Waals surface area contributed by atoms with E-state index < -0.39 is 21.9 Å². The number of amides is 2. The summed E-state index contributed by atoms with van der Waals surface area (Å²) >= 11 is 5.97. The second kappa shape index (κ2) is 15.5. The number of hydrogen-bond acceptors (Lipinski definition) is 4. The minimum absolute atomic E-state index is 0.00827. The Bertz CT molecular complexity index is 1370. The van der Waals surface area contributed by atoms with E-state index in [9.17, 15) is 22.4 Å². The number of nitrogens with one attached hydrogen (secondary N) is 1. The number of halogens is 2. The molecule has 0 radical (unpaired) electrons. The van der Waals surface area contributed by atoms with Crippen molar-refractivity contribution < 1.29 is 22.4 Å². The highest BCUT2D eigenvalue weighted by Gasteiger charge is 2.30. The summed E-state index contributed by atoms with van der Waals surface area (Å²) in [6.07, 6.45) is 3.36. The Morgan fingerprint density at radius 3 is 2.20 bits per heavy atom. The van der Waals surface area contributed by atoms with Gasteiger partial charge in [0, 0.05) is 37.5 Å². The maximum absolute atomic E-state index is 13.8. The monoisotopic (exact) mass is 601 g/mol. The Morgan fingerprint density at radius 1 is 0.927 bits per heavy atom. The van der Waals surface area contributed by atoms with E-state index in [4.69, 9.17) is 11.6 Å². The summed E-state index contributed by atoms with van der Waals surface area (Å²) in [6, 6.07) is 20.9. The van der Waals surface area contributed by atoms with Crippen LogP contribution in [-0.2, 0) is 32.6 Å². The van der Waals surface area contributed by atoms with Crippen LogP contribution in [0.2, 0.25) is 5.02 Å². The van der Waals surface area contributed by atoms with Crippen LogP contribution < -0.4 is 9.62 Å². The number of anilines is 1. The zero-order valence-electron chi connectivity index (χ0n) is 23.4. The van der Waals surface area contributed by atoms with Crippen molar-refractivity contribution in [3.05, 3.63) is 101 Å². The maximum Gasteiger partial charge on any atom is 0.243 e. The Hall–Kier alpha value is -3.43. The number of sulfonamides is 1. The number of nitrogens with zero attached hydrogens (tertiary/aromatic N) is 2. The molecule has 2 amide bonds. The molecule has 0 aliphatic carbocycles. The second-order valence-electron chi connectivity index (χ2n) is 9.91. The normalized spacial score (nSPS) is 12.0. The third kappa shape index (κ3) is 10.2. The smallest absolute Gasteiger partial charge is 0.243 e. The summed E-state index contributed by atoms with van der Waals surface area (Å²) < 4.78 is 39.9. The predicted octanol–water partition coefficient (Wildman–Crippen LogP) is 5.58. The van der Waals surface area contributed by atoms with E-state index in [0.717, 1.165) is 24.7 Å². The summed E-state index contributed by atoms with van der Waals surface area (Å²) in [7, 11) is -3.62. The number of benzene rings is 3. The molecule has 0 aliphatic heterocycles. The zero-order valence-corrected chi connectivity index (χ0v) is 25.0. The van der Waals surface area contributed by atoms with E-state index in [2.05, 4.69) is 5.32 Å². The van der Waals surface area contributed by atoms with Gasteiger partial charge in [0.1, 0.15) is 11.9 Å². The first-order chi connectivity index (χ1) is 19.6. The van der Waals surface area contributed by atoms with Gasteiger partial charge in [-0.25, -0.2) is 12.8 Å². The SMILES string of the molecule is CCCCNC(=O)[C@H](Cc1ccccc1)N(Cc1ccc(F)cc1)C(=O)CCCN(c1ccc(Cl)cc1)S(C)(=O)=O. The largest absolute Gasteiger partial charge is 0.354 e. The first-order valence-electron chi connectivity index (χ1n) is 13.7. The first kappa shape index (κ1) is 32.1. The summed E-state index contributed by atoms with van der Waals surface area (Å²) in [5.41, 5.74) is 2.02. The van der Waals surface area contributed by atoms with Crippen LogP contribution in [0.4, 0.5) is 10.1 Å². The average molecular weight is 602 g/mol. The highest BCUT2D eigenvalue weighted by molar-refractivity contribution is 7.92. The van der Waals surface area contributed by atoms with Crippen molar-refractivity contribution in [2.24, 2.45) is 0 Å². The molecule has 3 rings (SSSR count). The molecule has 0 fully saturated rings. The molecule has 0 unspecified atom stereocenters. The molecule has 0 bridgehead atoms. The third-order valence-electron chi connectivity index (χ3n) is 6.63. The van der Waals surface area contributed by atoms with Crippen LogP contribution in [-0.4, -0.2) is 50.5 Å². The van der Waals surface area contributed by atoms with Gasteiger partial charge in [-0.15, -0.1) is 0 Å². The van der Waals surface area contributed by atoms with E-state index in [1.165, 1.54) is 21.3 Å². The van der Waals surface area contributed by atoms with Crippen LogP contribution in [0.5, 0.6) is 0 Å². The molecule has 0 saturated carbocycles. The number of carbonyl (C=O) groups excluding carboxylic acids is 2. The van der Waals surface area contributed by atoms with Crippen molar-refractivity contribution in [3.63, 3.8) is 0 Å². The van der Waals surface area contributed by atoms with Crippen LogP contribution in [0.1, 0.15) is 43.7 Å². The van der Waals surface area contributed by atoms with Gasteiger partial charge in [-0.3, -0.25) is 13.9 Å². The van der Waals surface area contributed by atoms with E-state index in [0.29, 0.717) is 29.2 Å². The van der Waals surface area contributed by atoms with E-state index >= 15 is 0 Å². The van der Waals surface area contributed by atoms with Gasteiger partial charge in [0.2, 0.25) is 21.8 Å². The zero-order chi connectivity index (χ0) is 29.8. The summed E-state index contributed by atoms with van der Waals surface area (Å²) in [5.74, 6) is -0.963. The van der Waals surface area contributed by atoms with Crippen LogP contribution >= 0.6 is 11.6 Å². The molecule has 7 nitrogen and oxygen atoms in total. The highest BCUT2D eigenvalue weighted by atomic mass is 35.5. The molecule has 10 heteroatoms. The molecule has 0 spiro atoms. The minimum atomic E-state index is -3.62. The second-order valence-corrected chi connectivity index (χ2v) is 12.3. The van der Waals surface area contributed by atoms with Crippen LogP contribution in [0.25, 0.3) is 0 Å². The highest BCUT2D eigenvalue weighted by Crippen LogP contribution is 2.22. The third-order valence-corrected chi connectivity index (χ3v) is 8.08. The Morgan fingerprint density at radius 2 is 1.59 bits per heavy atom. The molecule has 0 aromatic heterocycles. The fraction of sp³-hybridized carbons (Fsp3) is 0.355. The van der Waals surface area contributed by atoms with Crippen molar-refractivity contribution in [3.8, 4) is 0 Å². The molecule has 3 aromatic carbocycles. The lowest BCUT2D eigenvalue weighted by Crippen LogP contribution is -2.50. The van der Waals surface area contributed by atoms with Gasteiger partial charge in [-0.2, -0.15) is 0 Å². The molecule has 41 heavy (non-hydrogen) atoms. The van der Waals surface area contributed by atoms with E-state index in [-0.39, 0.29) is 37.7 Å². The van der Waals surface area contributed by atoms with E-state index in [1.807, 2.05) is 37.3 Å². The molecular formula is C31H37ClFN3O4S. The maximum atomic E-state index is 13.8. The molecule has 0 saturated heterocycles. The Kier molecular flexibility index (Phi) is 12.2. The lowest BCUT2D eigenvalue weighted by molar-refractivity contribution is -0.141. The van der Waals surface area contributed by atoms with Gasteiger partial charge < -0.3 is 10.2 Å². The molecule has 1 atom stereocenters. The average Bonchev–Trinajstić information content (AvgIpc) is 2.94. The lowest BCUT2D eigenvalue weighted by atomic mass is 10.0. The molecule has 220 valence electrons. The number of unbranched alkanes of at least 4 members (excludes halogenated alkanes) is 1. The fourth-order valence-corrected chi connectivity index (χ4v) is 5.55. The van der Waals surface area contributed by atoms with Gasteiger partial charge in [-0.1, -0.05) is 67.4 Å². The van der Waals surface area contributed by atoms with Gasteiger partial charge in [0.25, 0.3) is 0 Å². The quantitative estimate of drug-likeness (QED) is 0.230. The standard InChI is InChI=1S/C31H37ClFN3O4S/c1-3-4-20-34-31(38)29(22-24-9-6-5-7-10-24)35(23-25-12-16-27(33)17-13-25)30(37)11-8-21-36(41(2,39)40)28-18-14-26(32)15-19-28/h5-7,9-10,12-19,29H,3-4,8,11,20-23H2,1-2H3,(H,34,38)/t29-/m0/s1. The van der Waals surface area contributed by atoms with Crippen LogP contribution in [0.3, 0.4) is 0 Å². The molecule has 3 aromatic rings. The van der Waals surface area contributed by atoms with Gasteiger partial charge >= 0.3 is 0 Å². The topological polar surface area (TPSA) is 86.8 Å². The molecular weight excluding hydrogens is 565 g/mol. The Labute approximate surface area is 247 Å². The number of carbonyl (C=O) groups is 2. The van der Waals surface area contributed by atoms with Crippen molar-refractivity contribution in [1.82, 2.24) is 10.2 Å². The van der Waals surface area contributed by atoms with Crippen molar-refractivity contribution in [2.45, 2.75) is 51.6 Å². The summed E-state index contributed by atoms with van der Waals surface area (Å²) in [6.45, 7) is 2.69. The van der Waals surface area contributed by atoms with Crippen LogP contribution in [0.15, 0.2) is 78.9 Å².